The third-order valence-corrected chi connectivity index (χ3v) is 4.93. The van der Waals surface area contributed by atoms with Crippen LogP contribution in [0.1, 0.15) is 56.1 Å². The van der Waals surface area contributed by atoms with Gasteiger partial charge < -0.3 is 24.9 Å². The van der Waals surface area contributed by atoms with Crippen LogP contribution in [-0.2, 0) is 10.2 Å². The highest BCUT2D eigenvalue weighted by atomic mass is 16.6. The van der Waals surface area contributed by atoms with E-state index in [2.05, 4.69) is 5.16 Å². The summed E-state index contributed by atoms with van der Waals surface area (Å²) in [6.45, 7) is 10.2. The molecule has 0 heterocycles. The largest absolute Gasteiger partial charge is 0.507 e. The number of nitrogens with zero attached hydrogens (tertiary/aromatic N) is 2. The van der Waals surface area contributed by atoms with Crippen molar-refractivity contribution in [3.05, 3.63) is 53.1 Å². The molecule has 0 aliphatic carbocycles. The van der Waals surface area contributed by atoms with Gasteiger partial charge in [-0.15, -0.1) is 0 Å². The highest BCUT2D eigenvalue weighted by Crippen LogP contribution is 2.34. The first-order valence-electron chi connectivity index (χ1n) is 10.5. The molecule has 2 aromatic carbocycles. The van der Waals surface area contributed by atoms with Gasteiger partial charge in [-0.2, -0.15) is 0 Å². The Morgan fingerprint density at radius 1 is 1.09 bits per heavy atom. The number of carboxylic acid groups (broad SMARTS) is 1. The van der Waals surface area contributed by atoms with Crippen molar-refractivity contribution in [1.29, 1.82) is 0 Å². The molecule has 9 heteroatoms. The van der Waals surface area contributed by atoms with E-state index in [0.717, 1.165) is 5.56 Å². The summed E-state index contributed by atoms with van der Waals surface area (Å²) in [5, 5.41) is 31.8. The Kier molecular flexibility index (Phi) is 8.28. The maximum absolute atomic E-state index is 12.4. The number of oxime groups is 1. The van der Waals surface area contributed by atoms with Crippen molar-refractivity contribution in [1.82, 2.24) is 0 Å². The van der Waals surface area contributed by atoms with Gasteiger partial charge in [0, 0.05) is 18.2 Å². The first-order valence-corrected chi connectivity index (χ1v) is 10.5. The Morgan fingerprint density at radius 2 is 1.79 bits per heavy atom. The Balaban J connectivity index is 2.35. The molecule has 0 unspecified atom stereocenters. The van der Waals surface area contributed by atoms with Gasteiger partial charge in [-0.05, 0) is 49.1 Å². The molecule has 0 saturated heterocycles. The Bertz CT molecular complexity index is 1040. The van der Waals surface area contributed by atoms with Crippen LogP contribution in [0.3, 0.4) is 0 Å². The number of amides is 1. The van der Waals surface area contributed by atoms with Crippen LogP contribution < -0.4 is 9.64 Å². The van der Waals surface area contributed by atoms with E-state index in [-0.39, 0.29) is 35.7 Å². The second-order valence-corrected chi connectivity index (χ2v) is 8.24. The maximum atomic E-state index is 12.4. The molecule has 0 fully saturated rings. The van der Waals surface area contributed by atoms with E-state index >= 15 is 0 Å². The van der Waals surface area contributed by atoms with Crippen molar-refractivity contribution < 1.29 is 34.5 Å². The minimum atomic E-state index is -1.25. The number of carbonyl (C=O) groups excluding carboxylic acids is 1. The monoisotopic (exact) mass is 458 g/mol. The number of phenols is 1. The van der Waals surface area contributed by atoms with Crippen molar-refractivity contribution in [2.45, 2.75) is 40.0 Å². The van der Waals surface area contributed by atoms with Crippen LogP contribution >= 0.6 is 0 Å². The zero-order valence-electron chi connectivity index (χ0n) is 19.5. The van der Waals surface area contributed by atoms with Gasteiger partial charge >= 0.3 is 12.1 Å². The van der Waals surface area contributed by atoms with Gasteiger partial charge in [-0.25, -0.2) is 9.59 Å². The molecule has 0 aliphatic heterocycles. The van der Waals surface area contributed by atoms with Crippen molar-refractivity contribution in [3.8, 4) is 11.5 Å². The van der Waals surface area contributed by atoms with Crippen molar-refractivity contribution in [2.24, 2.45) is 5.16 Å². The number of ether oxygens (including phenoxy) is 2. The predicted molar refractivity (Wildman–Crippen MR) is 124 cm³/mol. The number of anilines is 1. The number of carbonyl (C=O) groups is 2. The summed E-state index contributed by atoms with van der Waals surface area (Å²) in [7, 11) is 0. The van der Waals surface area contributed by atoms with Crippen LogP contribution in [0.25, 0.3) is 0 Å². The number of hydrogen-bond donors (Lipinski definition) is 3. The van der Waals surface area contributed by atoms with Gasteiger partial charge in [0.2, 0.25) is 0 Å². The van der Waals surface area contributed by atoms with Crippen LogP contribution in [0.2, 0.25) is 0 Å². The first kappa shape index (κ1) is 25.5. The van der Waals surface area contributed by atoms with E-state index in [9.17, 15) is 19.9 Å². The lowest BCUT2D eigenvalue weighted by Crippen LogP contribution is -2.33. The molecular weight excluding hydrogens is 428 g/mol. The highest BCUT2D eigenvalue weighted by molar-refractivity contribution is 6.02. The third kappa shape index (κ3) is 6.15. The Hall–Kier alpha value is -3.75. The number of aromatic hydroxyl groups is 1. The van der Waals surface area contributed by atoms with Crippen LogP contribution in [0, 0.1) is 0 Å². The van der Waals surface area contributed by atoms with Gasteiger partial charge in [-0.1, -0.05) is 32.0 Å². The molecule has 0 spiro atoms. The first-order chi connectivity index (χ1) is 15.5. The lowest BCUT2D eigenvalue weighted by molar-refractivity contribution is 0.0693. The molecule has 2 rings (SSSR count). The van der Waals surface area contributed by atoms with Crippen LogP contribution in [0.4, 0.5) is 10.5 Å². The average molecular weight is 459 g/mol. The molecule has 9 nitrogen and oxygen atoms in total. The van der Waals surface area contributed by atoms with Crippen molar-refractivity contribution in [3.63, 3.8) is 0 Å². The van der Waals surface area contributed by atoms with Crippen molar-refractivity contribution in [2.75, 3.05) is 24.7 Å². The summed E-state index contributed by atoms with van der Waals surface area (Å²) in [6, 6.07) is 9.14. The summed E-state index contributed by atoms with van der Waals surface area (Å²) in [4.78, 5) is 25.0. The fourth-order valence-corrected chi connectivity index (χ4v) is 3.25. The molecule has 0 saturated carbocycles. The van der Waals surface area contributed by atoms with Crippen molar-refractivity contribution >= 4 is 23.5 Å². The lowest BCUT2D eigenvalue weighted by Gasteiger charge is -2.29. The summed E-state index contributed by atoms with van der Waals surface area (Å²) >= 11 is 0. The van der Waals surface area contributed by atoms with Gasteiger partial charge in [0.1, 0.15) is 29.4 Å². The molecule has 0 atom stereocenters. The fraction of sp³-hybridized carbons (Fsp3) is 0.375. The van der Waals surface area contributed by atoms with Crippen LogP contribution in [0.5, 0.6) is 11.5 Å². The zero-order valence-corrected chi connectivity index (χ0v) is 19.5. The minimum absolute atomic E-state index is 0.138. The number of hydrogen-bond acceptors (Lipinski definition) is 7. The zero-order chi connectivity index (χ0) is 24.8. The molecule has 0 radical (unpaired) electrons. The number of aromatic carboxylic acids is 1. The Morgan fingerprint density at radius 3 is 2.30 bits per heavy atom. The van der Waals surface area contributed by atoms with E-state index in [0.29, 0.717) is 17.8 Å². The summed E-state index contributed by atoms with van der Waals surface area (Å²) in [6.07, 6.45) is -0.442. The molecule has 178 valence electrons. The molecule has 0 bridgehead atoms. The van der Waals surface area contributed by atoms with Crippen LogP contribution in [0.15, 0.2) is 41.6 Å². The highest BCUT2D eigenvalue weighted by Gasteiger charge is 2.26. The second-order valence-electron chi connectivity index (χ2n) is 8.24. The summed E-state index contributed by atoms with van der Waals surface area (Å²) < 4.78 is 10.8. The SMILES string of the molecule is CCOC(=O)N(CC)c1ccc(C(COc2ccc(C(=O)O)c(O)c2)=NO)cc1C(C)(C)C. The van der Waals surface area contributed by atoms with E-state index < -0.39 is 17.8 Å². The second kappa shape index (κ2) is 10.7. The number of carboxylic acids is 1. The lowest BCUT2D eigenvalue weighted by atomic mass is 9.84. The van der Waals surface area contributed by atoms with Gasteiger partial charge in [-0.3, -0.25) is 4.90 Å². The molecule has 0 aliphatic rings. The van der Waals surface area contributed by atoms with Gasteiger partial charge in [0.25, 0.3) is 0 Å². The van der Waals surface area contributed by atoms with Gasteiger partial charge in [0.15, 0.2) is 0 Å². The molecule has 1 amide bonds. The molecule has 2 aromatic rings. The van der Waals surface area contributed by atoms with E-state index in [1.54, 1.807) is 24.0 Å². The minimum Gasteiger partial charge on any atom is -0.507 e. The molecule has 3 N–H and O–H groups in total. The predicted octanol–water partition coefficient (Wildman–Crippen LogP) is 4.63. The van der Waals surface area contributed by atoms with E-state index in [1.165, 1.54) is 18.2 Å². The number of rotatable bonds is 8. The summed E-state index contributed by atoms with van der Waals surface area (Å²) in [5.41, 5.74) is 1.75. The number of benzene rings is 2. The van der Waals surface area contributed by atoms with E-state index in [1.807, 2.05) is 33.8 Å². The molecule has 0 aromatic heterocycles. The standard InChI is InChI=1S/C24H30N2O7/c1-6-26(23(30)32-7-2)20-11-8-15(12-18(20)24(3,4)5)19(25-31)14-33-16-9-10-17(22(28)29)21(27)13-16/h8-13,27,31H,6-7,14H2,1-5H3,(H,28,29). The van der Waals surface area contributed by atoms with Crippen LogP contribution in [-0.4, -0.2) is 53.0 Å². The van der Waals surface area contributed by atoms with Gasteiger partial charge in [0.05, 0.1) is 12.3 Å². The quantitative estimate of drug-likeness (QED) is 0.299. The average Bonchev–Trinajstić information content (AvgIpc) is 2.74. The smallest absolute Gasteiger partial charge is 0.414 e. The fourth-order valence-electron chi connectivity index (χ4n) is 3.25. The normalized spacial score (nSPS) is 11.7. The van der Waals surface area contributed by atoms with E-state index in [4.69, 9.17) is 14.6 Å². The Labute approximate surface area is 192 Å². The topological polar surface area (TPSA) is 129 Å². The summed E-state index contributed by atoms with van der Waals surface area (Å²) in [5.74, 6) is -1.47. The third-order valence-electron chi connectivity index (χ3n) is 4.93. The molecular formula is C24H30N2O7. The molecule has 33 heavy (non-hydrogen) atoms. The maximum Gasteiger partial charge on any atom is 0.414 e.